The van der Waals surface area contributed by atoms with E-state index in [0.29, 0.717) is 16.3 Å². The minimum absolute atomic E-state index is 0.212. The van der Waals surface area contributed by atoms with Crippen molar-refractivity contribution < 1.29 is 14.0 Å². The molecule has 5 nitrogen and oxygen atoms in total. The van der Waals surface area contributed by atoms with Crippen molar-refractivity contribution >= 4 is 29.3 Å². The molecular formula is C15H16N2O3S. The number of amides is 2. The van der Waals surface area contributed by atoms with E-state index < -0.39 is 0 Å². The van der Waals surface area contributed by atoms with Crippen molar-refractivity contribution in [3.8, 4) is 0 Å². The highest BCUT2D eigenvalue weighted by Gasteiger charge is 2.17. The molecule has 110 valence electrons. The highest BCUT2D eigenvalue weighted by molar-refractivity contribution is 7.98. The molecule has 0 aliphatic carbocycles. The smallest absolute Gasteiger partial charge is 0.291 e. The fourth-order valence-corrected chi connectivity index (χ4v) is 2.31. The van der Waals surface area contributed by atoms with E-state index in [4.69, 9.17) is 4.42 Å². The molecule has 0 atom stereocenters. The maximum atomic E-state index is 12.2. The van der Waals surface area contributed by atoms with Crippen LogP contribution in [0.4, 0.5) is 5.69 Å². The van der Waals surface area contributed by atoms with Crippen LogP contribution in [0, 0.1) is 6.92 Å². The van der Waals surface area contributed by atoms with Crippen molar-refractivity contribution in [2.45, 2.75) is 12.0 Å². The third-order valence-corrected chi connectivity index (χ3v) is 3.60. The van der Waals surface area contributed by atoms with Crippen molar-refractivity contribution in [1.82, 2.24) is 5.32 Å². The number of rotatable bonds is 4. The van der Waals surface area contributed by atoms with E-state index >= 15 is 0 Å². The Kier molecular flexibility index (Phi) is 4.70. The van der Waals surface area contributed by atoms with Crippen LogP contribution in [-0.2, 0) is 0 Å². The minimum atomic E-state index is -0.383. The molecule has 2 aromatic rings. The molecule has 0 saturated carbocycles. The quantitative estimate of drug-likeness (QED) is 0.852. The molecule has 0 fully saturated rings. The van der Waals surface area contributed by atoms with Gasteiger partial charge in [-0.1, -0.05) is 23.9 Å². The largest absolute Gasteiger partial charge is 0.445 e. The number of nitrogens with one attached hydrogen (secondary N) is 2. The van der Waals surface area contributed by atoms with Crippen LogP contribution in [0.25, 0.3) is 0 Å². The summed E-state index contributed by atoms with van der Waals surface area (Å²) >= 11 is 1.42. The summed E-state index contributed by atoms with van der Waals surface area (Å²) in [6.07, 6.45) is 1.87. The van der Waals surface area contributed by atoms with E-state index in [-0.39, 0.29) is 17.6 Å². The van der Waals surface area contributed by atoms with Gasteiger partial charge in [-0.25, -0.2) is 0 Å². The fraction of sp³-hybridized carbons (Fsp3) is 0.200. The van der Waals surface area contributed by atoms with Gasteiger partial charge in [0.2, 0.25) is 0 Å². The second-order valence-electron chi connectivity index (χ2n) is 4.35. The molecule has 0 aliphatic heterocycles. The number of hydrogen-bond acceptors (Lipinski definition) is 4. The number of anilines is 1. The van der Waals surface area contributed by atoms with E-state index in [0.717, 1.165) is 5.56 Å². The van der Waals surface area contributed by atoms with Crippen molar-refractivity contribution in [3.05, 3.63) is 47.2 Å². The maximum Gasteiger partial charge on any atom is 0.291 e. The lowest BCUT2D eigenvalue weighted by Gasteiger charge is -2.11. The third kappa shape index (κ3) is 3.28. The monoisotopic (exact) mass is 304 g/mol. The Bertz CT molecular complexity index is 679. The van der Waals surface area contributed by atoms with Crippen LogP contribution >= 0.6 is 11.8 Å². The van der Waals surface area contributed by atoms with Crippen LogP contribution < -0.4 is 10.6 Å². The van der Waals surface area contributed by atoms with Gasteiger partial charge in [0.25, 0.3) is 11.8 Å². The SMILES string of the molecule is CNC(=O)c1c(C)cccc1NC(=O)c1ccc(SC)o1. The molecule has 1 heterocycles. The van der Waals surface area contributed by atoms with Gasteiger partial charge in [0.05, 0.1) is 11.3 Å². The Morgan fingerprint density at radius 1 is 1.14 bits per heavy atom. The van der Waals surface area contributed by atoms with E-state index in [1.165, 1.54) is 11.8 Å². The van der Waals surface area contributed by atoms with Gasteiger partial charge in [0.15, 0.2) is 10.9 Å². The summed E-state index contributed by atoms with van der Waals surface area (Å²) in [7, 11) is 1.55. The average Bonchev–Trinajstić information content (AvgIpc) is 2.96. The summed E-state index contributed by atoms with van der Waals surface area (Å²) in [5.41, 5.74) is 1.70. The first-order valence-corrected chi connectivity index (χ1v) is 7.56. The van der Waals surface area contributed by atoms with Crippen LogP contribution in [-0.4, -0.2) is 25.1 Å². The van der Waals surface area contributed by atoms with E-state index in [1.807, 2.05) is 19.2 Å². The number of aryl methyl sites for hydroxylation is 1. The Morgan fingerprint density at radius 3 is 2.52 bits per heavy atom. The summed E-state index contributed by atoms with van der Waals surface area (Å²) in [6.45, 7) is 1.82. The number of furan rings is 1. The van der Waals surface area contributed by atoms with Gasteiger partial charge in [0.1, 0.15) is 0 Å². The van der Waals surface area contributed by atoms with Crippen LogP contribution in [0.1, 0.15) is 26.5 Å². The first kappa shape index (κ1) is 15.2. The van der Waals surface area contributed by atoms with Gasteiger partial charge in [0, 0.05) is 7.05 Å². The van der Waals surface area contributed by atoms with Gasteiger partial charge in [-0.2, -0.15) is 0 Å². The van der Waals surface area contributed by atoms with Crippen LogP contribution in [0.5, 0.6) is 0 Å². The summed E-state index contributed by atoms with van der Waals surface area (Å²) in [4.78, 5) is 24.1. The van der Waals surface area contributed by atoms with Gasteiger partial charge < -0.3 is 15.1 Å². The first-order valence-electron chi connectivity index (χ1n) is 6.33. The molecule has 6 heteroatoms. The van der Waals surface area contributed by atoms with Gasteiger partial charge in [-0.15, -0.1) is 0 Å². The van der Waals surface area contributed by atoms with Crippen molar-refractivity contribution in [2.75, 3.05) is 18.6 Å². The summed E-state index contributed by atoms with van der Waals surface area (Å²) in [5.74, 6) is -0.414. The number of carbonyl (C=O) groups excluding carboxylic acids is 2. The molecule has 0 radical (unpaired) electrons. The second-order valence-corrected chi connectivity index (χ2v) is 5.16. The number of thioether (sulfide) groups is 1. The third-order valence-electron chi connectivity index (χ3n) is 2.98. The Labute approximate surface area is 127 Å². The molecule has 0 aliphatic rings. The molecule has 1 aromatic heterocycles. The molecule has 2 amide bonds. The Balaban J connectivity index is 2.29. The molecular weight excluding hydrogens is 288 g/mol. The zero-order chi connectivity index (χ0) is 15.4. The Hall–Kier alpha value is -2.21. The van der Waals surface area contributed by atoms with E-state index in [2.05, 4.69) is 10.6 Å². The van der Waals surface area contributed by atoms with Crippen LogP contribution in [0.15, 0.2) is 39.8 Å². The van der Waals surface area contributed by atoms with Gasteiger partial charge >= 0.3 is 0 Å². The zero-order valence-corrected chi connectivity index (χ0v) is 12.8. The minimum Gasteiger partial charge on any atom is -0.445 e. The standard InChI is InChI=1S/C15H16N2O3S/c1-9-5-4-6-10(13(9)15(19)16-2)17-14(18)11-7-8-12(20-11)21-3/h4-8H,1-3H3,(H,16,19)(H,17,18). The Morgan fingerprint density at radius 2 is 1.90 bits per heavy atom. The lowest BCUT2D eigenvalue weighted by molar-refractivity contribution is 0.0963. The highest BCUT2D eigenvalue weighted by atomic mass is 32.2. The second kappa shape index (κ2) is 6.49. The van der Waals surface area contributed by atoms with E-state index in [1.54, 1.807) is 31.3 Å². The maximum absolute atomic E-state index is 12.2. The normalized spacial score (nSPS) is 10.2. The van der Waals surface area contributed by atoms with Crippen LogP contribution in [0.3, 0.4) is 0 Å². The van der Waals surface area contributed by atoms with Gasteiger partial charge in [-0.3, -0.25) is 9.59 Å². The number of carbonyl (C=O) groups is 2. The molecule has 0 bridgehead atoms. The molecule has 0 unspecified atom stereocenters. The van der Waals surface area contributed by atoms with Crippen molar-refractivity contribution in [2.24, 2.45) is 0 Å². The summed E-state index contributed by atoms with van der Waals surface area (Å²) in [6, 6.07) is 8.63. The highest BCUT2D eigenvalue weighted by Crippen LogP contribution is 2.22. The predicted molar refractivity (Wildman–Crippen MR) is 83.0 cm³/mol. The molecule has 0 saturated heterocycles. The molecule has 21 heavy (non-hydrogen) atoms. The number of benzene rings is 1. The van der Waals surface area contributed by atoms with Crippen molar-refractivity contribution in [1.29, 1.82) is 0 Å². The summed E-state index contributed by atoms with van der Waals surface area (Å²) < 4.78 is 5.37. The number of hydrogen-bond donors (Lipinski definition) is 2. The average molecular weight is 304 g/mol. The predicted octanol–water partition coefficient (Wildman–Crippen LogP) is 2.92. The fourth-order valence-electron chi connectivity index (χ4n) is 1.93. The van der Waals surface area contributed by atoms with Crippen LogP contribution in [0.2, 0.25) is 0 Å². The lowest BCUT2D eigenvalue weighted by atomic mass is 10.1. The lowest BCUT2D eigenvalue weighted by Crippen LogP contribution is -2.22. The van der Waals surface area contributed by atoms with E-state index in [9.17, 15) is 9.59 Å². The molecule has 0 spiro atoms. The first-order chi connectivity index (χ1) is 10.1. The molecule has 1 aromatic carbocycles. The van der Waals surface area contributed by atoms with Crippen molar-refractivity contribution in [3.63, 3.8) is 0 Å². The topological polar surface area (TPSA) is 71.3 Å². The van der Waals surface area contributed by atoms with Gasteiger partial charge in [-0.05, 0) is 36.9 Å². The summed E-state index contributed by atoms with van der Waals surface area (Å²) in [5, 5.41) is 5.95. The molecule has 2 rings (SSSR count). The zero-order valence-electron chi connectivity index (χ0n) is 12.0. The molecule has 2 N–H and O–H groups in total.